The zero-order valence-corrected chi connectivity index (χ0v) is 13.1. The Morgan fingerprint density at radius 3 is 2.43 bits per heavy atom. The molecule has 118 valence electrons. The molecule has 1 aromatic heterocycles. The monoisotopic (exact) mass is 329 g/mol. The summed E-state index contributed by atoms with van der Waals surface area (Å²) in [5.41, 5.74) is 1.75. The molecule has 0 aliphatic rings. The largest absolute Gasteiger partial charge is 0.481 e. The number of carboxylic acids is 1. The van der Waals surface area contributed by atoms with Gasteiger partial charge in [0.15, 0.2) is 5.82 Å². The molecule has 0 aliphatic heterocycles. The number of halogens is 1. The van der Waals surface area contributed by atoms with Crippen molar-refractivity contribution in [1.82, 2.24) is 9.97 Å². The van der Waals surface area contributed by atoms with Crippen LogP contribution < -0.4 is 5.32 Å². The van der Waals surface area contributed by atoms with Gasteiger partial charge in [-0.2, -0.15) is 0 Å². The van der Waals surface area contributed by atoms with E-state index in [0.29, 0.717) is 18.2 Å². The molecule has 0 saturated carbocycles. The Labute approximate surface area is 139 Å². The van der Waals surface area contributed by atoms with Crippen LogP contribution in [0, 0.1) is 0 Å². The van der Waals surface area contributed by atoms with Gasteiger partial charge in [0.2, 0.25) is 0 Å². The maximum Gasteiger partial charge on any atom is 0.305 e. The Morgan fingerprint density at radius 2 is 1.70 bits per heavy atom. The van der Waals surface area contributed by atoms with Gasteiger partial charge < -0.3 is 10.4 Å². The summed E-state index contributed by atoms with van der Waals surface area (Å²) in [5.74, 6) is 0.442. The first-order valence-corrected chi connectivity index (χ1v) is 7.02. The predicted octanol–water partition coefficient (Wildman–Crippen LogP) is 3.61. The number of carbonyl (C=O) groups is 1. The van der Waals surface area contributed by atoms with Crippen molar-refractivity contribution in [3.8, 4) is 11.4 Å². The van der Waals surface area contributed by atoms with Gasteiger partial charge in [-0.1, -0.05) is 42.5 Å². The van der Waals surface area contributed by atoms with Crippen molar-refractivity contribution in [3.63, 3.8) is 0 Å². The summed E-state index contributed by atoms with van der Waals surface area (Å²) in [4.78, 5) is 19.8. The van der Waals surface area contributed by atoms with E-state index < -0.39 is 5.97 Å². The molecule has 0 radical (unpaired) electrons. The van der Waals surface area contributed by atoms with Gasteiger partial charge in [-0.25, -0.2) is 9.97 Å². The van der Waals surface area contributed by atoms with Crippen molar-refractivity contribution in [3.05, 3.63) is 54.6 Å². The lowest BCUT2D eigenvalue weighted by Crippen LogP contribution is -2.09. The highest BCUT2D eigenvalue weighted by Crippen LogP contribution is 2.24. The number of rotatable bonds is 5. The van der Waals surface area contributed by atoms with Crippen LogP contribution in [-0.4, -0.2) is 27.6 Å². The average molecular weight is 330 g/mol. The molecule has 23 heavy (non-hydrogen) atoms. The number of nitrogens with zero attached hydrogens (tertiary/aromatic N) is 2. The maximum absolute atomic E-state index is 10.7. The first-order chi connectivity index (χ1) is 10.7. The lowest BCUT2D eigenvalue weighted by atomic mass is 10.2. The molecule has 3 aromatic rings. The first-order valence-electron chi connectivity index (χ1n) is 7.02. The van der Waals surface area contributed by atoms with Crippen molar-refractivity contribution in [2.45, 2.75) is 6.42 Å². The zero-order chi connectivity index (χ0) is 15.4. The van der Waals surface area contributed by atoms with Crippen LogP contribution in [0.2, 0.25) is 0 Å². The number of carboxylic acid groups (broad SMARTS) is 1. The molecule has 0 atom stereocenters. The Bertz CT molecular complexity index is 809. The van der Waals surface area contributed by atoms with E-state index in [1.54, 1.807) is 0 Å². The van der Waals surface area contributed by atoms with Gasteiger partial charge in [-0.15, -0.1) is 12.4 Å². The lowest BCUT2D eigenvalue weighted by Gasteiger charge is -2.10. The highest BCUT2D eigenvalue weighted by molar-refractivity contribution is 5.90. The average Bonchev–Trinajstić information content (AvgIpc) is 2.55. The van der Waals surface area contributed by atoms with Crippen molar-refractivity contribution in [2.75, 3.05) is 11.9 Å². The minimum absolute atomic E-state index is 0. The van der Waals surface area contributed by atoms with E-state index in [0.717, 1.165) is 16.5 Å². The molecule has 0 spiro atoms. The zero-order valence-electron chi connectivity index (χ0n) is 12.3. The fraction of sp³-hybridized carbons (Fsp3) is 0.118. The first kappa shape index (κ1) is 16.7. The van der Waals surface area contributed by atoms with Crippen LogP contribution in [0.25, 0.3) is 22.3 Å². The Balaban J connectivity index is 0.00000192. The summed E-state index contributed by atoms with van der Waals surface area (Å²) in [6, 6.07) is 17.4. The van der Waals surface area contributed by atoms with Crippen molar-refractivity contribution in [1.29, 1.82) is 0 Å². The minimum Gasteiger partial charge on any atom is -0.481 e. The van der Waals surface area contributed by atoms with Crippen LogP contribution in [0.1, 0.15) is 6.42 Å². The second-order valence-electron chi connectivity index (χ2n) is 4.85. The molecule has 3 rings (SSSR count). The third-order valence-corrected chi connectivity index (χ3v) is 3.27. The summed E-state index contributed by atoms with van der Waals surface area (Å²) >= 11 is 0. The number of para-hydroxylation sites is 1. The fourth-order valence-electron chi connectivity index (χ4n) is 2.22. The van der Waals surface area contributed by atoms with Crippen molar-refractivity contribution in [2.24, 2.45) is 0 Å². The molecule has 0 saturated heterocycles. The number of anilines is 1. The van der Waals surface area contributed by atoms with Crippen molar-refractivity contribution >= 4 is 35.1 Å². The van der Waals surface area contributed by atoms with Gasteiger partial charge >= 0.3 is 5.97 Å². The van der Waals surface area contributed by atoms with E-state index in [1.165, 1.54) is 0 Å². The predicted molar refractivity (Wildman–Crippen MR) is 93.0 cm³/mol. The topological polar surface area (TPSA) is 75.1 Å². The molecule has 5 nitrogen and oxygen atoms in total. The SMILES string of the molecule is Cl.O=C(O)CCNc1nc(-c2ccccc2)nc2ccccc12. The smallest absolute Gasteiger partial charge is 0.305 e. The van der Waals surface area contributed by atoms with E-state index in [9.17, 15) is 4.79 Å². The number of nitrogens with one attached hydrogen (secondary N) is 1. The molecule has 2 aromatic carbocycles. The van der Waals surface area contributed by atoms with E-state index in [-0.39, 0.29) is 18.8 Å². The second-order valence-corrected chi connectivity index (χ2v) is 4.85. The van der Waals surface area contributed by atoms with Crippen LogP contribution in [0.4, 0.5) is 5.82 Å². The molecule has 6 heteroatoms. The molecule has 0 bridgehead atoms. The molecule has 0 unspecified atom stereocenters. The lowest BCUT2D eigenvalue weighted by molar-refractivity contribution is -0.136. The number of hydrogen-bond donors (Lipinski definition) is 2. The fourth-order valence-corrected chi connectivity index (χ4v) is 2.22. The number of benzene rings is 2. The molecular weight excluding hydrogens is 314 g/mol. The Kier molecular flexibility index (Phi) is 5.49. The normalized spacial score (nSPS) is 10.1. The van der Waals surface area contributed by atoms with Gasteiger partial charge in [0.25, 0.3) is 0 Å². The molecule has 0 fully saturated rings. The van der Waals surface area contributed by atoms with E-state index in [2.05, 4.69) is 15.3 Å². The number of aliphatic carboxylic acids is 1. The molecule has 2 N–H and O–H groups in total. The highest BCUT2D eigenvalue weighted by Gasteiger charge is 2.09. The molecule has 0 aliphatic carbocycles. The number of hydrogen-bond acceptors (Lipinski definition) is 4. The van der Waals surface area contributed by atoms with Crippen LogP contribution >= 0.6 is 12.4 Å². The van der Waals surface area contributed by atoms with Gasteiger partial charge in [-0.3, -0.25) is 4.79 Å². The van der Waals surface area contributed by atoms with Gasteiger partial charge in [0.05, 0.1) is 11.9 Å². The van der Waals surface area contributed by atoms with E-state index in [1.807, 2.05) is 54.6 Å². The van der Waals surface area contributed by atoms with Crippen LogP contribution in [-0.2, 0) is 4.79 Å². The van der Waals surface area contributed by atoms with E-state index in [4.69, 9.17) is 5.11 Å². The summed E-state index contributed by atoms with van der Waals surface area (Å²) in [6.07, 6.45) is 0.0407. The van der Waals surface area contributed by atoms with Gasteiger partial charge in [0, 0.05) is 17.5 Å². The standard InChI is InChI=1S/C17H15N3O2.ClH/c21-15(22)10-11-18-17-13-8-4-5-9-14(13)19-16(20-17)12-6-2-1-3-7-12;/h1-9H,10-11H2,(H,21,22)(H,18,19,20);1H. The third kappa shape index (κ3) is 3.96. The summed E-state index contributed by atoms with van der Waals surface area (Å²) in [7, 11) is 0. The summed E-state index contributed by atoms with van der Waals surface area (Å²) in [6.45, 7) is 0.324. The second kappa shape index (κ2) is 7.56. The number of fused-ring (bicyclic) bond motifs is 1. The van der Waals surface area contributed by atoms with Gasteiger partial charge in [0.1, 0.15) is 5.82 Å². The number of aromatic nitrogens is 2. The highest BCUT2D eigenvalue weighted by atomic mass is 35.5. The quantitative estimate of drug-likeness (QED) is 0.748. The van der Waals surface area contributed by atoms with Crippen LogP contribution in [0.3, 0.4) is 0 Å². The maximum atomic E-state index is 10.7. The summed E-state index contributed by atoms with van der Waals surface area (Å²) in [5, 5.41) is 12.7. The summed E-state index contributed by atoms with van der Waals surface area (Å²) < 4.78 is 0. The third-order valence-electron chi connectivity index (χ3n) is 3.27. The van der Waals surface area contributed by atoms with Crippen LogP contribution in [0.15, 0.2) is 54.6 Å². The van der Waals surface area contributed by atoms with Gasteiger partial charge in [-0.05, 0) is 12.1 Å². The molecule has 1 heterocycles. The molecule has 0 amide bonds. The Morgan fingerprint density at radius 1 is 1.00 bits per heavy atom. The Hall–Kier alpha value is -2.66. The minimum atomic E-state index is -0.839. The van der Waals surface area contributed by atoms with Crippen LogP contribution in [0.5, 0.6) is 0 Å². The van der Waals surface area contributed by atoms with E-state index >= 15 is 0 Å². The van der Waals surface area contributed by atoms with Crippen molar-refractivity contribution < 1.29 is 9.90 Å². The molecular formula is C17H16ClN3O2.